The minimum absolute atomic E-state index is 0.368. The van der Waals surface area contributed by atoms with Crippen LogP contribution in [0.2, 0.25) is 5.02 Å². The summed E-state index contributed by atoms with van der Waals surface area (Å²) in [7, 11) is 0. The van der Waals surface area contributed by atoms with Gasteiger partial charge in [-0.2, -0.15) is 0 Å². The average molecular weight is 300 g/mol. The number of halogens is 1. The topological polar surface area (TPSA) is 12.5 Å². The van der Waals surface area contributed by atoms with E-state index in [2.05, 4.69) is 30.9 Å². The first kappa shape index (κ1) is 15.2. The van der Waals surface area contributed by atoms with Crippen molar-refractivity contribution in [2.75, 3.05) is 25.4 Å². The van der Waals surface area contributed by atoms with Crippen LogP contribution in [0.15, 0.2) is 29.2 Å². The van der Waals surface area contributed by atoms with Gasteiger partial charge in [0.1, 0.15) is 0 Å². The summed E-state index contributed by atoms with van der Waals surface area (Å²) in [6.45, 7) is 7.61. The van der Waals surface area contributed by atoms with Crippen molar-refractivity contribution in [3.8, 4) is 0 Å². The molecule has 2 rings (SSSR count). The molecule has 0 aliphatic carbocycles. The minimum Gasteiger partial charge on any atom is -0.373 e. The molecule has 4 heteroatoms. The fourth-order valence-electron chi connectivity index (χ4n) is 2.48. The van der Waals surface area contributed by atoms with Crippen LogP contribution in [0.5, 0.6) is 0 Å². The van der Waals surface area contributed by atoms with E-state index in [0.29, 0.717) is 12.2 Å². The lowest BCUT2D eigenvalue weighted by atomic mass is 10.2. The maximum atomic E-state index is 5.87. The fourth-order valence-corrected chi connectivity index (χ4v) is 3.44. The van der Waals surface area contributed by atoms with Gasteiger partial charge in [0.15, 0.2) is 0 Å². The molecule has 1 aromatic rings. The molecule has 106 valence electrons. The molecule has 0 radical (unpaired) electrons. The van der Waals surface area contributed by atoms with Crippen LogP contribution in [-0.4, -0.2) is 42.5 Å². The number of hydrogen-bond acceptors (Lipinski definition) is 3. The van der Waals surface area contributed by atoms with E-state index in [-0.39, 0.29) is 0 Å². The van der Waals surface area contributed by atoms with Gasteiger partial charge in [-0.3, -0.25) is 4.90 Å². The van der Waals surface area contributed by atoms with E-state index in [9.17, 15) is 0 Å². The number of thioether (sulfide) groups is 1. The first-order valence-corrected chi connectivity index (χ1v) is 8.26. The zero-order valence-corrected chi connectivity index (χ0v) is 13.2. The number of ether oxygens (including phenoxy) is 1. The van der Waals surface area contributed by atoms with E-state index in [1.54, 1.807) is 0 Å². The molecule has 0 unspecified atom stereocenters. The second-order valence-corrected chi connectivity index (χ2v) is 6.78. The van der Waals surface area contributed by atoms with Gasteiger partial charge in [0.2, 0.25) is 0 Å². The molecule has 1 heterocycles. The molecule has 1 aliphatic heterocycles. The molecule has 0 aromatic heterocycles. The van der Waals surface area contributed by atoms with Crippen LogP contribution in [0.3, 0.4) is 0 Å². The Kier molecular flexibility index (Phi) is 6.02. The monoisotopic (exact) mass is 299 g/mol. The van der Waals surface area contributed by atoms with Crippen LogP contribution in [-0.2, 0) is 4.74 Å². The lowest BCUT2D eigenvalue weighted by Crippen LogP contribution is -2.45. The molecular formula is C15H22ClNOS. The summed E-state index contributed by atoms with van der Waals surface area (Å²) in [6.07, 6.45) is 1.95. The Morgan fingerprint density at radius 3 is 2.47 bits per heavy atom. The highest BCUT2D eigenvalue weighted by Crippen LogP contribution is 2.21. The first-order valence-electron chi connectivity index (χ1n) is 6.89. The van der Waals surface area contributed by atoms with Gasteiger partial charge in [-0.25, -0.2) is 0 Å². The van der Waals surface area contributed by atoms with Gasteiger partial charge >= 0.3 is 0 Å². The highest BCUT2D eigenvalue weighted by molar-refractivity contribution is 7.99. The van der Waals surface area contributed by atoms with Crippen molar-refractivity contribution >= 4 is 23.4 Å². The molecular weight excluding hydrogens is 278 g/mol. The Balaban J connectivity index is 1.65. The SMILES string of the molecule is C[C@@H]1CN(CCCSc2ccc(Cl)cc2)C[C@H](C)O1. The van der Waals surface area contributed by atoms with Crippen molar-refractivity contribution in [2.24, 2.45) is 0 Å². The Hall–Kier alpha value is -0.220. The normalized spacial score (nSPS) is 24.6. The van der Waals surface area contributed by atoms with Gasteiger partial charge in [-0.05, 0) is 56.8 Å². The third kappa shape index (κ3) is 5.35. The lowest BCUT2D eigenvalue weighted by Gasteiger charge is -2.35. The van der Waals surface area contributed by atoms with E-state index in [1.165, 1.54) is 17.9 Å². The van der Waals surface area contributed by atoms with Gasteiger partial charge in [0.25, 0.3) is 0 Å². The number of morpholine rings is 1. The summed E-state index contributed by atoms with van der Waals surface area (Å²) in [5.41, 5.74) is 0. The molecule has 1 aromatic carbocycles. The maximum Gasteiger partial charge on any atom is 0.0678 e. The van der Waals surface area contributed by atoms with Crippen molar-refractivity contribution < 1.29 is 4.74 Å². The third-order valence-corrected chi connectivity index (χ3v) is 4.55. The third-order valence-electron chi connectivity index (χ3n) is 3.20. The van der Waals surface area contributed by atoms with Crippen LogP contribution in [0, 0.1) is 0 Å². The van der Waals surface area contributed by atoms with E-state index >= 15 is 0 Å². The van der Waals surface area contributed by atoms with Crippen molar-refractivity contribution in [2.45, 2.75) is 37.4 Å². The van der Waals surface area contributed by atoms with Crippen LogP contribution in [0.4, 0.5) is 0 Å². The fraction of sp³-hybridized carbons (Fsp3) is 0.600. The zero-order chi connectivity index (χ0) is 13.7. The highest BCUT2D eigenvalue weighted by atomic mass is 35.5. The van der Waals surface area contributed by atoms with Crippen LogP contribution in [0.1, 0.15) is 20.3 Å². The second-order valence-electron chi connectivity index (χ2n) is 5.17. The highest BCUT2D eigenvalue weighted by Gasteiger charge is 2.21. The standard InChI is InChI=1S/C15H22ClNOS/c1-12-10-17(11-13(2)18-12)8-3-9-19-15-6-4-14(16)5-7-15/h4-7,12-13H,3,8-11H2,1-2H3/t12-,13+. The van der Waals surface area contributed by atoms with Crippen LogP contribution >= 0.6 is 23.4 Å². The summed E-state index contributed by atoms with van der Waals surface area (Å²) < 4.78 is 5.74. The summed E-state index contributed by atoms with van der Waals surface area (Å²) >= 11 is 7.78. The van der Waals surface area contributed by atoms with Gasteiger partial charge < -0.3 is 4.74 Å². The molecule has 0 N–H and O–H groups in total. The van der Waals surface area contributed by atoms with Crippen LogP contribution < -0.4 is 0 Å². The van der Waals surface area contributed by atoms with Crippen molar-refractivity contribution in [3.05, 3.63) is 29.3 Å². The quantitative estimate of drug-likeness (QED) is 0.604. The van der Waals surface area contributed by atoms with Crippen molar-refractivity contribution in [1.82, 2.24) is 4.90 Å². The number of benzene rings is 1. The Morgan fingerprint density at radius 2 is 1.84 bits per heavy atom. The number of rotatable bonds is 5. The smallest absolute Gasteiger partial charge is 0.0678 e. The number of nitrogens with zero attached hydrogens (tertiary/aromatic N) is 1. The van der Waals surface area contributed by atoms with Crippen molar-refractivity contribution in [3.63, 3.8) is 0 Å². The van der Waals surface area contributed by atoms with E-state index in [4.69, 9.17) is 16.3 Å². The minimum atomic E-state index is 0.368. The summed E-state index contributed by atoms with van der Waals surface area (Å²) in [4.78, 5) is 3.81. The molecule has 2 nitrogen and oxygen atoms in total. The van der Waals surface area contributed by atoms with Gasteiger partial charge in [0, 0.05) is 23.0 Å². The van der Waals surface area contributed by atoms with E-state index < -0.39 is 0 Å². The molecule has 0 bridgehead atoms. The summed E-state index contributed by atoms with van der Waals surface area (Å²) in [5.74, 6) is 1.15. The van der Waals surface area contributed by atoms with Gasteiger partial charge in [0.05, 0.1) is 12.2 Å². The summed E-state index contributed by atoms with van der Waals surface area (Å²) in [6, 6.07) is 8.09. The molecule has 0 saturated carbocycles. The molecule has 1 aliphatic rings. The second kappa shape index (κ2) is 7.53. The largest absolute Gasteiger partial charge is 0.373 e. The number of hydrogen-bond donors (Lipinski definition) is 0. The van der Waals surface area contributed by atoms with Crippen molar-refractivity contribution in [1.29, 1.82) is 0 Å². The predicted octanol–water partition coefficient (Wildman–Crippen LogP) is 3.93. The Bertz CT molecular complexity index is 374. The molecule has 2 atom stereocenters. The summed E-state index contributed by atoms with van der Waals surface area (Å²) in [5, 5.41) is 0.806. The predicted molar refractivity (Wildman–Crippen MR) is 83.2 cm³/mol. The molecule has 0 amide bonds. The Labute approximate surface area is 125 Å². The first-order chi connectivity index (χ1) is 9.13. The van der Waals surface area contributed by atoms with E-state index in [1.807, 2.05) is 23.9 Å². The molecule has 1 saturated heterocycles. The lowest BCUT2D eigenvalue weighted by molar-refractivity contribution is -0.0677. The van der Waals surface area contributed by atoms with Crippen LogP contribution in [0.25, 0.3) is 0 Å². The average Bonchev–Trinajstić information content (AvgIpc) is 2.36. The van der Waals surface area contributed by atoms with Gasteiger partial charge in [-0.1, -0.05) is 11.6 Å². The van der Waals surface area contributed by atoms with E-state index in [0.717, 1.165) is 23.9 Å². The molecule has 1 fully saturated rings. The zero-order valence-electron chi connectivity index (χ0n) is 11.6. The maximum absolute atomic E-state index is 5.87. The molecule has 19 heavy (non-hydrogen) atoms. The Morgan fingerprint density at radius 1 is 1.21 bits per heavy atom. The molecule has 0 spiro atoms. The van der Waals surface area contributed by atoms with Gasteiger partial charge in [-0.15, -0.1) is 11.8 Å².